The Morgan fingerprint density at radius 2 is 1.96 bits per heavy atom. The average molecular weight is 368 g/mol. The van der Waals surface area contributed by atoms with Crippen molar-refractivity contribution in [3.05, 3.63) is 69.1 Å². The lowest BCUT2D eigenvalue weighted by molar-refractivity contribution is -0.138. The summed E-state index contributed by atoms with van der Waals surface area (Å²) >= 11 is 0. The molecule has 138 valence electrons. The van der Waals surface area contributed by atoms with Crippen LogP contribution in [-0.2, 0) is 19.7 Å². The van der Waals surface area contributed by atoms with Crippen molar-refractivity contribution in [2.75, 3.05) is 19.1 Å². The summed E-state index contributed by atoms with van der Waals surface area (Å²) in [6, 6.07) is 8.32. The number of fused-ring (bicyclic) bond motifs is 4. The van der Waals surface area contributed by atoms with E-state index >= 15 is 0 Å². The van der Waals surface area contributed by atoms with E-state index in [0.29, 0.717) is 11.3 Å². The first-order valence-electron chi connectivity index (χ1n) is 8.13. The van der Waals surface area contributed by atoms with E-state index in [9.17, 15) is 14.4 Å². The zero-order valence-electron chi connectivity index (χ0n) is 14.9. The summed E-state index contributed by atoms with van der Waals surface area (Å²) in [7, 11) is 2.73. The van der Waals surface area contributed by atoms with Gasteiger partial charge in [0, 0.05) is 24.4 Å². The molecule has 0 saturated heterocycles. The number of methoxy groups -OCH3 is 1. The topological polar surface area (TPSA) is 112 Å². The molecule has 2 aromatic rings. The number of benzene rings is 1. The van der Waals surface area contributed by atoms with E-state index < -0.39 is 22.9 Å². The van der Waals surface area contributed by atoms with Crippen molar-refractivity contribution in [2.45, 2.75) is 12.3 Å². The molecule has 1 aromatic heterocycles. The number of aryl methyl sites for hydroxylation is 1. The number of para-hydroxylation sites is 1. The number of nitrogens with two attached hydrogens (primary N) is 1. The normalized spacial score (nSPS) is 20.4. The highest BCUT2D eigenvalue weighted by atomic mass is 16.5. The van der Waals surface area contributed by atoms with Crippen LogP contribution in [0.4, 0.5) is 5.69 Å². The molecule has 0 fully saturated rings. The van der Waals surface area contributed by atoms with E-state index in [4.69, 9.17) is 19.6 Å². The second kappa shape index (κ2) is 5.47. The average Bonchev–Trinajstić information content (AvgIpc) is 2.84. The van der Waals surface area contributed by atoms with Crippen molar-refractivity contribution in [3.63, 3.8) is 0 Å². The van der Waals surface area contributed by atoms with Gasteiger partial charge in [-0.05, 0) is 13.0 Å². The zero-order chi connectivity index (χ0) is 19.5. The third kappa shape index (κ3) is 1.95. The summed E-state index contributed by atoms with van der Waals surface area (Å²) < 4.78 is 15.6. The Morgan fingerprint density at radius 1 is 1.26 bits per heavy atom. The standard InChI is InChI=1S/C19H16N2O6/c1-9-8-12-13(17(23)26-9)19(14(15(20)27-12)16(22)25-3)10-6-4-5-7-11(10)21(2)18(19)24/h4-8H,20H2,1-3H3. The molecule has 2 N–H and O–H groups in total. The van der Waals surface area contributed by atoms with E-state index in [0.717, 1.165) is 0 Å². The lowest BCUT2D eigenvalue weighted by atomic mass is 9.69. The van der Waals surface area contributed by atoms with Gasteiger partial charge in [0.2, 0.25) is 11.8 Å². The van der Waals surface area contributed by atoms with Crippen LogP contribution in [0.3, 0.4) is 0 Å². The van der Waals surface area contributed by atoms with Crippen LogP contribution in [0.25, 0.3) is 0 Å². The number of carbonyl (C=O) groups excluding carboxylic acids is 2. The Hall–Kier alpha value is -3.55. The molecular formula is C19H16N2O6. The van der Waals surface area contributed by atoms with Gasteiger partial charge in [-0.1, -0.05) is 18.2 Å². The molecule has 0 aliphatic carbocycles. The van der Waals surface area contributed by atoms with E-state index in [1.54, 1.807) is 38.2 Å². The van der Waals surface area contributed by atoms with Gasteiger partial charge in [-0.15, -0.1) is 0 Å². The minimum Gasteiger partial charge on any atom is -0.465 e. The minimum absolute atomic E-state index is 0.0763. The van der Waals surface area contributed by atoms with Gasteiger partial charge in [-0.3, -0.25) is 4.79 Å². The largest absolute Gasteiger partial charge is 0.465 e. The third-order valence-electron chi connectivity index (χ3n) is 4.94. The van der Waals surface area contributed by atoms with Crippen LogP contribution in [0.15, 0.2) is 51.0 Å². The first kappa shape index (κ1) is 16.9. The van der Waals surface area contributed by atoms with Gasteiger partial charge >= 0.3 is 11.6 Å². The molecule has 0 bridgehead atoms. The predicted octanol–water partition coefficient (Wildman–Crippen LogP) is 0.946. The fourth-order valence-electron chi connectivity index (χ4n) is 3.88. The molecule has 3 heterocycles. The highest BCUT2D eigenvalue weighted by molar-refractivity contribution is 6.18. The fourth-order valence-corrected chi connectivity index (χ4v) is 3.88. The van der Waals surface area contributed by atoms with Crippen molar-refractivity contribution in [1.82, 2.24) is 0 Å². The van der Waals surface area contributed by atoms with Crippen LogP contribution in [0.5, 0.6) is 5.75 Å². The molecule has 1 atom stereocenters. The molecule has 8 nitrogen and oxygen atoms in total. The third-order valence-corrected chi connectivity index (χ3v) is 4.94. The highest BCUT2D eigenvalue weighted by Gasteiger charge is 2.62. The predicted molar refractivity (Wildman–Crippen MR) is 94.2 cm³/mol. The number of anilines is 1. The van der Waals surface area contributed by atoms with E-state index in [1.807, 2.05) is 0 Å². The van der Waals surface area contributed by atoms with E-state index in [-0.39, 0.29) is 28.5 Å². The van der Waals surface area contributed by atoms with Gasteiger partial charge in [0.05, 0.1) is 7.11 Å². The molecule has 0 radical (unpaired) electrons. The number of esters is 1. The fraction of sp³-hybridized carbons (Fsp3) is 0.211. The summed E-state index contributed by atoms with van der Waals surface area (Å²) in [4.78, 5) is 40.4. The minimum atomic E-state index is -1.80. The maximum Gasteiger partial charge on any atom is 0.344 e. The lowest BCUT2D eigenvalue weighted by Crippen LogP contribution is -2.50. The smallest absolute Gasteiger partial charge is 0.344 e. The Morgan fingerprint density at radius 3 is 2.67 bits per heavy atom. The summed E-state index contributed by atoms with van der Waals surface area (Å²) in [5.74, 6) is -1.32. The summed E-state index contributed by atoms with van der Waals surface area (Å²) in [5.41, 5.74) is 4.11. The van der Waals surface area contributed by atoms with Crippen LogP contribution in [0, 0.1) is 6.92 Å². The Bertz CT molecular complexity index is 1100. The quantitative estimate of drug-likeness (QED) is 0.746. The summed E-state index contributed by atoms with van der Waals surface area (Å²) in [6.07, 6.45) is 0. The maximum absolute atomic E-state index is 13.5. The van der Waals surface area contributed by atoms with Gasteiger partial charge in [0.25, 0.3) is 0 Å². The van der Waals surface area contributed by atoms with Gasteiger partial charge in [-0.25, -0.2) is 9.59 Å². The molecule has 1 amide bonds. The number of likely N-dealkylation sites (N-methyl/N-ethyl adjacent to an activating group) is 1. The molecule has 1 unspecified atom stereocenters. The summed E-state index contributed by atoms with van der Waals surface area (Å²) in [5, 5.41) is 0. The van der Waals surface area contributed by atoms with Crippen molar-refractivity contribution in [1.29, 1.82) is 0 Å². The number of hydrogen-bond acceptors (Lipinski definition) is 7. The summed E-state index contributed by atoms with van der Waals surface area (Å²) in [6.45, 7) is 1.57. The molecule has 2 aliphatic heterocycles. The highest BCUT2D eigenvalue weighted by Crippen LogP contribution is 2.54. The Balaban J connectivity index is 2.22. The molecular weight excluding hydrogens is 352 g/mol. The van der Waals surface area contributed by atoms with Crippen LogP contribution in [0.1, 0.15) is 16.9 Å². The van der Waals surface area contributed by atoms with E-state index in [2.05, 4.69) is 0 Å². The van der Waals surface area contributed by atoms with Crippen LogP contribution < -0.4 is 21.0 Å². The Labute approximate surface area is 153 Å². The van der Waals surface area contributed by atoms with Gasteiger partial charge < -0.3 is 24.5 Å². The molecule has 0 saturated carbocycles. The lowest BCUT2D eigenvalue weighted by Gasteiger charge is -2.34. The number of nitrogens with zero attached hydrogens (tertiary/aromatic N) is 1. The molecule has 2 aliphatic rings. The van der Waals surface area contributed by atoms with Crippen molar-refractivity contribution >= 4 is 17.6 Å². The van der Waals surface area contributed by atoms with Gasteiger partial charge in [0.15, 0.2) is 0 Å². The number of rotatable bonds is 1. The number of amides is 1. The Kier molecular flexibility index (Phi) is 3.42. The van der Waals surface area contributed by atoms with Crippen LogP contribution in [-0.4, -0.2) is 26.0 Å². The van der Waals surface area contributed by atoms with Crippen LogP contribution >= 0.6 is 0 Å². The number of ether oxygens (including phenoxy) is 2. The monoisotopic (exact) mass is 368 g/mol. The zero-order valence-corrected chi connectivity index (χ0v) is 14.9. The van der Waals surface area contributed by atoms with Crippen molar-refractivity contribution in [3.8, 4) is 5.75 Å². The van der Waals surface area contributed by atoms with Crippen LogP contribution in [0.2, 0.25) is 0 Å². The van der Waals surface area contributed by atoms with Crippen molar-refractivity contribution in [2.24, 2.45) is 5.73 Å². The second-order valence-corrected chi connectivity index (χ2v) is 6.35. The molecule has 4 rings (SSSR count). The molecule has 1 spiro atoms. The molecule has 27 heavy (non-hydrogen) atoms. The van der Waals surface area contributed by atoms with E-state index in [1.165, 1.54) is 18.1 Å². The van der Waals surface area contributed by atoms with Crippen molar-refractivity contribution < 1.29 is 23.5 Å². The first-order valence-corrected chi connectivity index (χ1v) is 8.13. The molecule has 8 heteroatoms. The number of carbonyl (C=O) groups is 2. The van der Waals surface area contributed by atoms with Gasteiger partial charge in [0.1, 0.15) is 28.1 Å². The maximum atomic E-state index is 13.5. The SMILES string of the molecule is COC(=O)C1=C(N)Oc2cc(C)oc(=O)c2C12C(=O)N(C)c1ccccc12. The number of hydrogen-bond donors (Lipinski definition) is 1. The molecule has 1 aromatic carbocycles. The second-order valence-electron chi connectivity index (χ2n) is 6.35. The first-order chi connectivity index (χ1) is 12.8. The van der Waals surface area contributed by atoms with Gasteiger partial charge in [-0.2, -0.15) is 0 Å².